The van der Waals surface area contributed by atoms with E-state index in [2.05, 4.69) is 5.10 Å². The Labute approximate surface area is 92.5 Å². The minimum Gasteiger partial charge on any atom is -0.268 e. The lowest BCUT2D eigenvalue weighted by atomic mass is 10.1. The van der Waals surface area contributed by atoms with E-state index in [1.807, 2.05) is 20.0 Å². The summed E-state index contributed by atoms with van der Waals surface area (Å²) in [7, 11) is 1.85. The highest BCUT2D eigenvalue weighted by molar-refractivity contribution is 5.61. The zero-order chi connectivity index (χ0) is 11.7. The van der Waals surface area contributed by atoms with Gasteiger partial charge in [0.2, 0.25) is 0 Å². The van der Waals surface area contributed by atoms with Gasteiger partial charge < -0.3 is 0 Å². The molecule has 16 heavy (non-hydrogen) atoms. The highest BCUT2D eigenvalue weighted by Gasteiger charge is 2.08. The molecule has 2 rings (SSSR count). The van der Waals surface area contributed by atoms with Crippen molar-refractivity contribution in [1.29, 1.82) is 0 Å². The molecular formula is C11H11N3O2. The van der Waals surface area contributed by atoms with E-state index in [1.54, 1.807) is 16.8 Å². The van der Waals surface area contributed by atoms with Crippen LogP contribution in [0.3, 0.4) is 0 Å². The summed E-state index contributed by atoms with van der Waals surface area (Å²) in [4.78, 5) is 10.1. The summed E-state index contributed by atoms with van der Waals surface area (Å²) in [6.45, 7) is 1.91. The molecule has 0 atom stereocenters. The first-order chi connectivity index (χ1) is 7.58. The molecule has 1 aromatic heterocycles. The molecular weight excluding hydrogens is 206 g/mol. The number of aryl methyl sites for hydroxylation is 2. The van der Waals surface area contributed by atoms with E-state index >= 15 is 0 Å². The Morgan fingerprint density at radius 3 is 2.38 bits per heavy atom. The van der Waals surface area contributed by atoms with Gasteiger partial charge in [-0.3, -0.25) is 14.8 Å². The summed E-state index contributed by atoms with van der Waals surface area (Å²) in [5.74, 6) is 0. The van der Waals surface area contributed by atoms with Gasteiger partial charge in [0.15, 0.2) is 0 Å². The Kier molecular flexibility index (Phi) is 2.44. The number of nitro benzene ring substituents is 1. The number of hydrogen-bond acceptors (Lipinski definition) is 3. The van der Waals surface area contributed by atoms with Gasteiger partial charge in [-0.2, -0.15) is 5.10 Å². The number of rotatable bonds is 2. The molecule has 0 fully saturated rings. The quantitative estimate of drug-likeness (QED) is 0.572. The molecule has 0 amide bonds. The maximum absolute atomic E-state index is 10.5. The summed E-state index contributed by atoms with van der Waals surface area (Å²) in [5, 5.41) is 14.7. The van der Waals surface area contributed by atoms with E-state index in [-0.39, 0.29) is 5.69 Å². The van der Waals surface area contributed by atoms with Crippen LogP contribution in [0.4, 0.5) is 5.69 Å². The molecule has 5 heteroatoms. The van der Waals surface area contributed by atoms with Crippen LogP contribution in [0.5, 0.6) is 0 Å². The third-order valence-corrected chi connectivity index (χ3v) is 2.38. The lowest BCUT2D eigenvalue weighted by Gasteiger charge is -2.00. The molecule has 0 unspecified atom stereocenters. The summed E-state index contributed by atoms with van der Waals surface area (Å²) >= 11 is 0. The first-order valence-corrected chi connectivity index (χ1v) is 4.83. The van der Waals surface area contributed by atoms with Gasteiger partial charge in [0.05, 0.1) is 16.3 Å². The molecule has 0 N–H and O–H groups in total. The van der Waals surface area contributed by atoms with Crippen LogP contribution in [0.1, 0.15) is 5.69 Å². The van der Waals surface area contributed by atoms with E-state index in [0.717, 1.165) is 17.0 Å². The maximum atomic E-state index is 10.5. The molecule has 0 aliphatic rings. The van der Waals surface area contributed by atoms with Crippen molar-refractivity contribution in [3.63, 3.8) is 0 Å². The van der Waals surface area contributed by atoms with Crippen LogP contribution in [-0.2, 0) is 7.05 Å². The van der Waals surface area contributed by atoms with Gasteiger partial charge in [-0.05, 0) is 25.1 Å². The summed E-state index contributed by atoms with van der Waals surface area (Å²) in [5.41, 5.74) is 2.90. The molecule has 0 saturated heterocycles. The zero-order valence-electron chi connectivity index (χ0n) is 9.04. The van der Waals surface area contributed by atoms with Crippen LogP contribution in [0.2, 0.25) is 0 Å². The number of nitrogens with zero attached hydrogens (tertiary/aromatic N) is 3. The molecule has 5 nitrogen and oxygen atoms in total. The van der Waals surface area contributed by atoms with Crippen LogP contribution >= 0.6 is 0 Å². The fourth-order valence-corrected chi connectivity index (χ4v) is 1.63. The van der Waals surface area contributed by atoms with Crippen LogP contribution in [-0.4, -0.2) is 14.7 Å². The highest BCUT2D eigenvalue weighted by atomic mass is 16.6. The zero-order valence-corrected chi connectivity index (χ0v) is 9.04. The minimum atomic E-state index is -0.404. The second-order valence-electron chi connectivity index (χ2n) is 3.60. The number of non-ortho nitro benzene ring substituents is 1. The smallest absolute Gasteiger partial charge is 0.268 e. The van der Waals surface area contributed by atoms with E-state index in [0.29, 0.717) is 0 Å². The Balaban J connectivity index is 2.42. The third kappa shape index (κ3) is 1.79. The average Bonchev–Trinajstić information content (AvgIpc) is 2.58. The fraction of sp³-hybridized carbons (Fsp3) is 0.182. The Morgan fingerprint density at radius 2 is 1.94 bits per heavy atom. The highest BCUT2D eigenvalue weighted by Crippen LogP contribution is 2.22. The van der Waals surface area contributed by atoms with Crippen molar-refractivity contribution >= 4 is 5.69 Å². The summed E-state index contributed by atoms with van der Waals surface area (Å²) in [6, 6.07) is 8.40. The molecule has 0 radical (unpaired) electrons. The van der Waals surface area contributed by atoms with Crippen LogP contribution in [0.15, 0.2) is 30.3 Å². The second-order valence-corrected chi connectivity index (χ2v) is 3.60. The normalized spacial score (nSPS) is 10.4. The van der Waals surface area contributed by atoms with Gasteiger partial charge >= 0.3 is 0 Å². The largest absolute Gasteiger partial charge is 0.269 e. The topological polar surface area (TPSA) is 61.0 Å². The lowest BCUT2D eigenvalue weighted by Crippen LogP contribution is -1.94. The standard InChI is InChI=1S/C11H11N3O2/c1-8-7-11(13(2)12-8)9-3-5-10(6-4-9)14(15)16/h3-7H,1-2H3. The van der Waals surface area contributed by atoms with Gasteiger partial charge in [-0.1, -0.05) is 0 Å². The monoisotopic (exact) mass is 217 g/mol. The maximum Gasteiger partial charge on any atom is 0.269 e. The number of nitro groups is 1. The predicted octanol–water partition coefficient (Wildman–Crippen LogP) is 2.30. The van der Waals surface area contributed by atoms with Crippen molar-refractivity contribution < 1.29 is 4.92 Å². The van der Waals surface area contributed by atoms with Crippen LogP contribution in [0.25, 0.3) is 11.3 Å². The van der Waals surface area contributed by atoms with E-state index in [4.69, 9.17) is 0 Å². The number of benzene rings is 1. The third-order valence-electron chi connectivity index (χ3n) is 2.38. The van der Waals surface area contributed by atoms with E-state index in [9.17, 15) is 10.1 Å². The summed E-state index contributed by atoms with van der Waals surface area (Å²) in [6.07, 6.45) is 0. The van der Waals surface area contributed by atoms with E-state index < -0.39 is 4.92 Å². The predicted molar refractivity (Wildman–Crippen MR) is 60.0 cm³/mol. The molecule has 0 aliphatic carbocycles. The van der Waals surface area contributed by atoms with Crippen molar-refractivity contribution in [2.75, 3.05) is 0 Å². The number of hydrogen-bond donors (Lipinski definition) is 0. The van der Waals surface area contributed by atoms with E-state index in [1.165, 1.54) is 12.1 Å². The minimum absolute atomic E-state index is 0.0997. The van der Waals surface area contributed by atoms with Gasteiger partial charge in [0.1, 0.15) is 0 Å². The molecule has 1 heterocycles. The Hall–Kier alpha value is -2.17. The van der Waals surface area contributed by atoms with Gasteiger partial charge in [0, 0.05) is 24.7 Å². The summed E-state index contributed by atoms with van der Waals surface area (Å²) < 4.78 is 1.76. The van der Waals surface area contributed by atoms with Crippen molar-refractivity contribution in [1.82, 2.24) is 9.78 Å². The van der Waals surface area contributed by atoms with Crippen molar-refractivity contribution in [3.8, 4) is 11.3 Å². The molecule has 0 saturated carbocycles. The second kappa shape index (κ2) is 3.77. The average molecular weight is 217 g/mol. The Bertz CT molecular complexity index is 529. The van der Waals surface area contributed by atoms with Crippen molar-refractivity contribution in [3.05, 3.63) is 46.1 Å². The molecule has 0 spiro atoms. The van der Waals surface area contributed by atoms with Gasteiger partial charge in [-0.25, -0.2) is 0 Å². The SMILES string of the molecule is Cc1cc(-c2ccc([N+](=O)[O-])cc2)n(C)n1. The number of aromatic nitrogens is 2. The molecule has 1 aromatic carbocycles. The van der Waals surface area contributed by atoms with Crippen molar-refractivity contribution in [2.24, 2.45) is 7.05 Å². The van der Waals surface area contributed by atoms with Crippen molar-refractivity contribution in [2.45, 2.75) is 6.92 Å². The van der Waals surface area contributed by atoms with Crippen LogP contribution in [0, 0.1) is 17.0 Å². The van der Waals surface area contributed by atoms with Gasteiger partial charge in [0.25, 0.3) is 5.69 Å². The molecule has 0 aliphatic heterocycles. The fourth-order valence-electron chi connectivity index (χ4n) is 1.63. The molecule has 82 valence electrons. The first kappa shape index (κ1) is 10.4. The van der Waals surface area contributed by atoms with Gasteiger partial charge in [-0.15, -0.1) is 0 Å². The Morgan fingerprint density at radius 1 is 1.31 bits per heavy atom. The molecule has 0 bridgehead atoms. The van der Waals surface area contributed by atoms with Crippen LogP contribution < -0.4 is 0 Å². The first-order valence-electron chi connectivity index (χ1n) is 4.83. The molecule has 2 aromatic rings. The lowest BCUT2D eigenvalue weighted by molar-refractivity contribution is -0.384.